The van der Waals surface area contributed by atoms with Crippen LogP contribution in [-0.4, -0.2) is 29.4 Å². The van der Waals surface area contributed by atoms with E-state index in [-0.39, 0.29) is 23.6 Å². The van der Waals surface area contributed by atoms with Crippen LogP contribution in [-0.2, 0) is 9.53 Å². The lowest BCUT2D eigenvalue weighted by molar-refractivity contribution is -0.386. The summed E-state index contributed by atoms with van der Waals surface area (Å²) < 4.78 is 10.2. The van der Waals surface area contributed by atoms with Crippen LogP contribution in [0.15, 0.2) is 12.1 Å². The number of benzene rings is 1. The van der Waals surface area contributed by atoms with Gasteiger partial charge in [0.25, 0.3) is 0 Å². The number of carbonyl (C=O) groups is 1. The molecule has 0 heterocycles. The Morgan fingerprint density at radius 1 is 1.65 bits per heavy atom. The molecule has 0 saturated heterocycles. The molecule has 0 radical (unpaired) electrons. The Balaban J connectivity index is 3.03. The van der Waals surface area contributed by atoms with Gasteiger partial charge in [-0.05, 0) is 28.7 Å². The summed E-state index contributed by atoms with van der Waals surface area (Å²) in [4.78, 5) is 20.8. The summed E-state index contributed by atoms with van der Waals surface area (Å²) in [6, 6.07) is 4.42. The number of hydrogen-bond acceptors (Lipinski definition) is 6. The summed E-state index contributed by atoms with van der Waals surface area (Å²) in [5, 5.41) is 19.8. The van der Waals surface area contributed by atoms with Crippen molar-refractivity contribution >= 4 is 50.2 Å². The molecule has 9 heteroatoms. The second-order valence-electron chi connectivity index (χ2n) is 3.48. The predicted octanol–water partition coefficient (Wildman–Crippen LogP) is 2.39. The minimum absolute atomic E-state index is 0.0166. The number of nitrogens with zero attached hydrogens (tertiary/aromatic N) is 2. The molecular weight excluding hydrogens is 447 g/mol. The van der Waals surface area contributed by atoms with Gasteiger partial charge in [0, 0.05) is 6.07 Å². The largest absolute Gasteiger partial charge is 0.484 e. The van der Waals surface area contributed by atoms with Crippen molar-refractivity contribution < 1.29 is 19.2 Å². The van der Waals surface area contributed by atoms with E-state index in [0.29, 0.717) is 3.57 Å². The Morgan fingerprint density at radius 2 is 2.30 bits per heavy atom. The molecule has 1 aromatic carbocycles. The van der Waals surface area contributed by atoms with Crippen molar-refractivity contribution in [2.75, 3.05) is 13.7 Å². The number of halogens is 2. The molecule has 0 aliphatic rings. The molecule has 20 heavy (non-hydrogen) atoms. The third kappa shape index (κ3) is 4.04. The monoisotopic (exact) mass is 454 g/mol. The fourth-order valence-electron chi connectivity index (χ4n) is 1.27. The number of alkyl halides is 1. The maximum atomic E-state index is 11.2. The van der Waals surface area contributed by atoms with E-state index in [2.05, 4.69) is 20.7 Å². The van der Waals surface area contributed by atoms with E-state index in [9.17, 15) is 14.9 Å². The highest BCUT2D eigenvalue weighted by Gasteiger charge is 2.23. The molecule has 1 rings (SSSR count). The first-order chi connectivity index (χ1) is 9.40. The SMILES string of the molecule is COC(=O)C(Br)COc1c(I)cc(C#N)cc1[N+](=O)[O-]. The summed E-state index contributed by atoms with van der Waals surface area (Å²) in [5.74, 6) is -0.528. The van der Waals surface area contributed by atoms with Gasteiger partial charge in [-0.2, -0.15) is 5.26 Å². The van der Waals surface area contributed by atoms with Gasteiger partial charge in [-0.15, -0.1) is 0 Å². The first kappa shape index (κ1) is 16.6. The number of esters is 1. The van der Waals surface area contributed by atoms with E-state index in [4.69, 9.17) is 10.00 Å². The predicted molar refractivity (Wildman–Crippen MR) is 80.8 cm³/mol. The zero-order valence-electron chi connectivity index (χ0n) is 10.1. The zero-order valence-corrected chi connectivity index (χ0v) is 13.9. The first-order valence-corrected chi connectivity index (χ1v) is 7.12. The third-order valence-electron chi connectivity index (χ3n) is 2.18. The molecule has 0 aromatic heterocycles. The topological polar surface area (TPSA) is 102 Å². The molecule has 106 valence electrons. The Hall–Kier alpha value is -1.41. The van der Waals surface area contributed by atoms with Crippen LogP contribution < -0.4 is 4.74 Å². The highest BCUT2D eigenvalue weighted by Crippen LogP contribution is 2.33. The van der Waals surface area contributed by atoms with Crippen molar-refractivity contribution in [2.24, 2.45) is 0 Å². The smallest absolute Gasteiger partial charge is 0.322 e. The van der Waals surface area contributed by atoms with Crippen molar-refractivity contribution in [3.8, 4) is 11.8 Å². The number of rotatable bonds is 5. The van der Waals surface area contributed by atoms with Crippen LogP contribution in [0.2, 0.25) is 0 Å². The Kier molecular flexibility index (Phi) is 6.15. The lowest BCUT2D eigenvalue weighted by Crippen LogP contribution is -2.23. The molecule has 0 aliphatic heterocycles. The minimum Gasteiger partial charge on any atom is -0.484 e. The minimum atomic E-state index is -0.737. The van der Waals surface area contributed by atoms with Crippen LogP contribution >= 0.6 is 38.5 Å². The van der Waals surface area contributed by atoms with Crippen LogP contribution in [0.25, 0.3) is 0 Å². The quantitative estimate of drug-likeness (QED) is 0.222. The number of carbonyl (C=O) groups excluding carboxylic acids is 1. The van der Waals surface area contributed by atoms with Gasteiger partial charge in [-0.3, -0.25) is 14.9 Å². The Morgan fingerprint density at radius 3 is 2.80 bits per heavy atom. The number of ether oxygens (including phenoxy) is 2. The second-order valence-corrected chi connectivity index (χ2v) is 5.74. The van der Waals surface area contributed by atoms with Crippen LogP contribution in [0.4, 0.5) is 5.69 Å². The van der Waals surface area contributed by atoms with E-state index in [1.807, 2.05) is 28.7 Å². The van der Waals surface area contributed by atoms with Crippen molar-refractivity contribution in [3.63, 3.8) is 0 Å². The number of nitriles is 1. The summed E-state index contributed by atoms with van der Waals surface area (Å²) in [7, 11) is 1.23. The average Bonchev–Trinajstić information content (AvgIpc) is 2.43. The molecule has 1 unspecified atom stereocenters. The van der Waals surface area contributed by atoms with E-state index in [1.165, 1.54) is 13.2 Å². The Bertz CT molecular complexity index is 587. The third-order valence-corrected chi connectivity index (χ3v) is 3.62. The van der Waals surface area contributed by atoms with Crippen molar-refractivity contribution in [1.29, 1.82) is 5.26 Å². The maximum absolute atomic E-state index is 11.2. The number of nitro benzene ring substituents is 1. The van der Waals surface area contributed by atoms with Crippen molar-refractivity contribution in [3.05, 3.63) is 31.4 Å². The lowest BCUT2D eigenvalue weighted by atomic mass is 10.2. The summed E-state index contributed by atoms with van der Waals surface area (Å²) >= 11 is 4.88. The van der Waals surface area contributed by atoms with E-state index in [1.54, 1.807) is 0 Å². The van der Waals surface area contributed by atoms with Gasteiger partial charge in [0.05, 0.1) is 27.2 Å². The summed E-state index contributed by atoms with van der Waals surface area (Å²) in [6.45, 7) is -0.130. The fourth-order valence-corrected chi connectivity index (χ4v) is 2.36. The first-order valence-electron chi connectivity index (χ1n) is 5.13. The highest BCUT2D eigenvalue weighted by atomic mass is 127. The van der Waals surface area contributed by atoms with E-state index < -0.39 is 15.7 Å². The van der Waals surface area contributed by atoms with E-state index in [0.717, 1.165) is 6.07 Å². The molecule has 1 aromatic rings. The molecule has 0 aliphatic carbocycles. The molecular formula is C11H8BrIN2O5. The highest BCUT2D eigenvalue weighted by molar-refractivity contribution is 14.1. The average molecular weight is 455 g/mol. The molecule has 0 bridgehead atoms. The molecule has 0 fully saturated rings. The molecule has 0 amide bonds. The molecule has 0 N–H and O–H groups in total. The van der Waals surface area contributed by atoms with E-state index >= 15 is 0 Å². The molecule has 0 spiro atoms. The van der Waals surface area contributed by atoms with Gasteiger partial charge in [-0.25, -0.2) is 0 Å². The lowest BCUT2D eigenvalue weighted by Gasteiger charge is -2.11. The maximum Gasteiger partial charge on any atom is 0.322 e. The fraction of sp³-hybridized carbons (Fsp3) is 0.273. The van der Waals surface area contributed by atoms with Crippen molar-refractivity contribution in [1.82, 2.24) is 0 Å². The van der Waals surface area contributed by atoms with Crippen LogP contribution in [0.5, 0.6) is 5.75 Å². The summed E-state index contributed by atoms with van der Waals surface area (Å²) in [6.07, 6.45) is 0. The molecule has 1 atom stereocenters. The van der Waals surface area contributed by atoms with Gasteiger partial charge in [-0.1, -0.05) is 15.9 Å². The van der Waals surface area contributed by atoms with Crippen LogP contribution in [0.3, 0.4) is 0 Å². The van der Waals surface area contributed by atoms with Crippen molar-refractivity contribution in [2.45, 2.75) is 4.83 Å². The normalized spacial score (nSPS) is 11.3. The summed E-state index contributed by atoms with van der Waals surface area (Å²) in [5.41, 5.74) is -0.158. The van der Waals surface area contributed by atoms with Gasteiger partial charge in [0.2, 0.25) is 5.75 Å². The van der Waals surface area contributed by atoms with Gasteiger partial charge >= 0.3 is 11.7 Å². The number of methoxy groups -OCH3 is 1. The molecule has 0 saturated carbocycles. The standard InChI is InChI=1S/C11H8BrIN2O5/c1-19-11(16)7(12)5-20-10-8(13)2-6(4-14)3-9(10)15(17)18/h2-3,7H,5H2,1H3. The Labute approximate surface area is 136 Å². The number of nitro groups is 1. The number of hydrogen-bond donors (Lipinski definition) is 0. The van der Waals surface area contributed by atoms with Crippen LogP contribution in [0, 0.1) is 25.0 Å². The zero-order chi connectivity index (χ0) is 15.3. The van der Waals surface area contributed by atoms with Gasteiger partial charge in [0.1, 0.15) is 11.4 Å². The van der Waals surface area contributed by atoms with Gasteiger partial charge < -0.3 is 9.47 Å². The van der Waals surface area contributed by atoms with Crippen LogP contribution in [0.1, 0.15) is 5.56 Å². The second kappa shape index (κ2) is 7.39. The molecule has 7 nitrogen and oxygen atoms in total. The van der Waals surface area contributed by atoms with Gasteiger partial charge in [0.15, 0.2) is 0 Å².